The predicted octanol–water partition coefficient (Wildman–Crippen LogP) is 3.70. The van der Waals surface area contributed by atoms with E-state index >= 15 is 0 Å². The van der Waals surface area contributed by atoms with Crippen LogP contribution >= 0.6 is 15.9 Å². The molecule has 7 heteroatoms. The Kier molecular flexibility index (Phi) is 7.71. The number of rotatable bonds is 9. The van der Waals surface area contributed by atoms with Crippen LogP contribution in [0.4, 0.5) is 0 Å². The van der Waals surface area contributed by atoms with Crippen LogP contribution in [0, 0.1) is 0 Å². The Bertz CT molecular complexity index is 619. The van der Waals surface area contributed by atoms with E-state index in [-0.39, 0.29) is 6.10 Å². The van der Waals surface area contributed by atoms with Crippen LogP contribution in [0.15, 0.2) is 27.8 Å². The number of halogens is 1. The summed E-state index contributed by atoms with van der Waals surface area (Å²) in [5.74, 6) is 0.133. The summed E-state index contributed by atoms with van der Waals surface area (Å²) in [6.07, 6.45) is 1.07. The maximum atomic E-state index is 11.8. The monoisotopic (exact) mass is 413 g/mol. The molecule has 0 spiro atoms. The van der Waals surface area contributed by atoms with Crippen LogP contribution in [-0.2, 0) is 19.1 Å². The third-order valence-electron chi connectivity index (χ3n) is 3.65. The van der Waals surface area contributed by atoms with Crippen molar-refractivity contribution < 1.29 is 23.8 Å². The lowest BCUT2D eigenvalue weighted by Gasteiger charge is -2.18. The molecule has 0 amide bonds. The number of carbonyl (C=O) groups excluding carboxylic acids is 1. The van der Waals surface area contributed by atoms with E-state index in [1.807, 2.05) is 12.1 Å². The summed E-state index contributed by atoms with van der Waals surface area (Å²) in [7, 11) is 0. The van der Waals surface area contributed by atoms with Crippen LogP contribution in [0.25, 0.3) is 0 Å². The van der Waals surface area contributed by atoms with Crippen LogP contribution < -0.4 is 4.74 Å². The third-order valence-corrected chi connectivity index (χ3v) is 4.14. The fourth-order valence-electron chi connectivity index (χ4n) is 2.34. The number of hydrogen-bond donors (Lipinski definition) is 0. The molecule has 0 bridgehead atoms. The Morgan fingerprint density at radius 1 is 1.44 bits per heavy atom. The molecule has 0 aliphatic carbocycles. The van der Waals surface area contributed by atoms with Gasteiger partial charge in [0, 0.05) is 16.6 Å². The first-order chi connectivity index (χ1) is 12.1. The van der Waals surface area contributed by atoms with Gasteiger partial charge in [-0.2, -0.15) is 0 Å². The van der Waals surface area contributed by atoms with Crippen molar-refractivity contribution in [1.82, 2.24) is 0 Å². The number of carbonyl (C=O) groups is 1. The molecule has 1 aromatic carbocycles. The number of nitrogens with zero attached hydrogens (tertiary/aromatic N) is 1. The Morgan fingerprint density at radius 2 is 2.24 bits per heavy atom. The number of ether oxygens (including phenoxy) is 3. The number of unbranched alkanes of at least 4 members (excludes halogenated alkanes) is 1. The first kappa shape index (κ1) is 19.7. The van der Waals surface area contributed by atoms with Gasteiger partial charge in [-0.05, 0) is 38.5 Å². The molecular formula is C18H24BrNO5. The summed E-state index contributed by atoms with van der Waals surface area (Å²) in [6.45, 7) is 6.87. The standard InChI is InChI=1S/C18H24BrNO5/c1-4-6-9-23-16-11-24-20-17(16)14-10-13(19)7-8-15(14)25-12(3)18(21)22-5-2/h7-8,10,12,16H,4-6,9,11H2,1-3H3/t12-,16?/m0/s1. The molecule has 1 unspecified atom stereocenters. The quantitative estimate of drug-likeness (QED) is 0.456. The van der Waals surface area contributed by atoms with Crippen molar-refractivity contribution in [3.63, 3.8) is 0 Å². The number of hydrogen-bond acceptors (Lipinski definition) is 6. The lowest BCUT2D eigenvalue weighted by atomic mass is 10.0. The zero-order valence-electron chi connectivity index (χ0n) is 14.8. The molecule has 2 atom stereocenters. The van der Waals surface area contributed by atoms with Gasteiger partial charge >= 0.3 is 5.97 Å². The highest BCUT2D eigenvalue weighted by Gasteiger charge is 2.29. The van der Waals surface area contributed by atoms with E-state index in [0.29, 0.717) is 31.3 Å². The van der Waals surface area contributed by atoms with Gasteiger partial charge in [0.1, 0.15) is 24.2 Å². The van der Waals surface area contributed by atoms with Crippen molar-refractivity contribution in [1.29, 1.82) is 0 Å². The first-order valence-electron chi connectivity index (χ1n) is 8.51. The molecule has 1 aromatic rings. The molecule has 2 rings (SSSR count). The van der Waals surface area contributed by atoms with Gasteiger partial charge in [0.2, 0.25) is 0 Å². The van der Waals surface area contributed by atoms with Crippen LogP contribution in [0.5, 0.6) is 5.75 Å². The molecular weight excluding hydrogens is 390 g/mol. The Balaban J connectivity index is 2.19. The van der Waals surface area contributed by atoms with Gasteiger partial charge < -0.3 is 19.0 Å². The maximum absolute atomic E-state index is 11.8. The van der Waals surface area contributed by atoms with E-state index in [2.05, 4.69) is 28.0 Å². The molecule has 1 aliphatic rings. The lowest BCUT2D eigenvalue weighted by molar-refractivity contribution is -0.150. The van der Waals surface area contributed by atoms with E-state index in [1.54, 1.807) is 19.9 Å². The largest absolute Gasteiger partial charge is 0.478 e. The Morgan fingerprint density at radius 3 is 2.96 bits per heavy atom. The summed E-state index contributed by atoms with van der Waals surface area (Å²) in [5.41, 5.74) is 1.41. The molecule has 138 valence electrons. The van der Waals surface area contributed by atoms with Gasteiger partial charge in [0.15, 0.2) is 6.10 Å². The van der Waals surface area contributed by atoms with E-state index in [4.69, 9.17) is 19.0 Å². The normalized spacial score (nSPS) is 17.6. The number of benzene rings is 1. The molecule has 0 fully saturated rings. The van der Waals surface area contributed by atoms with Crippen molar-refractivity contribution in [2.75, 3.05) is 19.8 Å². The van der Waals surface area contributed by atoms with E-state index in [1.165, 1.54) is 0 Å². The molecule has 0 saturated heterocycles. The van der Waals surface area contributed by atoms with Gasteiger partial charge in [-0.3, -0.25) is 0 Å². The average Bonchev–Trinajstić information content (AvgIpc) is 3.05. The minimum absolute atomic E-state index is 0.249. The average molecular weight is 414 g/mol. The molecule has 1 aliphatic heterocycles. The minimum atomic E-state index is -0.720. The highest BCUT2D eigenvalue weighted by molar-refractivity contribution is 9.10. The Hall–Kier alpha value is -1.60. The van der Waals surface area contributed by atoms with Gasteiger partial charge in [-0.15, -0.1) is 0 Å². The maximum Gasteiger partial charge on any atom is 0.347 e. The second-order valence-electron chi connectivity index (χ2n) is 5.64. The fourth-order valence-corrected chi connectivity index (χ4v) is 2.70. The predicted molar refractivity (Wildman–Crippen MR) is 98.0 cm³/mol. The Labute approximate surface area is 156 Å². The van der Waals surface area contributed by atoms with Crippen LogP contribution in [0.1, 0.15) is 39.2 Å². The minimum Gasteiger partial charge on any atom is -0.478 e. The topological polar surface area (TPSA) is 66.3 Å². The second-order valence-corrected chi connectivity index (χ2v) is 6.55. The number of esters is 1. The summed E-state index contributed by atoms with van der Waals surface area (Å²) in [4.78, 5) is 17.1. The van der Waals surface area contributed by atoms with Crippen molar-refractivity contribution >= 4 is 27.6 Å². The third kappa shape index (κ3) is 5.44. The molecule has 25 heavy (non-hydrogen) atoms. The van der Waals surface area contributed by atoms with E-state index in [9.17, 15) is 4.79 Å². The van der Waals surface area contributed by atoms with E-state index < -0.39 is 12.1 Å². The van der Waals surface area contributed by atoms with Crippen molar-refractivity contribution in [3.05, 3.63) is 28.2 Å². The molecule has 1 heterocycles. The van der Waals surface area contributed by atoms with Crippen molar-refractivity contribution in [2.45, 2.75) is 45.8 Å². The second kappa shape index (κ2) is 9.77. The SMILES string of the molecule is CCCCOC1CON=C1c1cc(Br)ccc1O[C@@H](C)C(=O)OCC. The molecule has 0 saturated carbocycles. The summed E-state index contributed by atoms with van der Waals surface area (Å²) in [6, 6.07) is 5.52. The molecule has 0 aromatic heterocycles. The lowest BCUT2D eigenvalue weighted by Crippen LogP contribution is -2.29. The van der Waals surface area contributed by atoms with Crippen LogP contribution in [0.3, 0.4) is 0 Å². The van der Waals surface area contributed by atoms with Gasteiger partial charge in [-0.25, -0.2) is 4.79 Å². The summed E-state index contributed by atoms with van der Waals surface area (Å²) in [5, 5.41) is 4.13. The van der Waals surface area contributed by atoms with Crippen molar-refractivity contribution in [2.24, 2.45) is 5.16 Å². The molecule has 0 radical (unpaired) electrons. The smallest absolute Gasteiger partial charge is 0.347 e. The van der Waals surface area contributed by atoms with Gasteiger partial charge in [-0.1, -0.05) is 34.4 Å². The van der Waals surface area contributed by atoms with Crippen molar-refractivity contribution in [3.8, 4) is 5.75 Å². The van der Waals surface area contributed by atoms with Crippen LogP contribution in [-0.4, -0.2) is 43.7 Å². The molecule has 0 N–H and O–H groups in total. The highest BCUT2D eigenvalue weighted by atomic mass is 79.9. The zero-order chi connectivity index (χ0) is 18.2. The first-order valence-corrected chi connectivity index (χ1v) is 9.30. The highest BCUT2D eigenvalue weighted by Crippen LogP contribution is 2.28. The van der Waals surface area contributed by atoms with Gasteiger partial charge in [0.05, 0.1) is 6.61 Å². The summed E-state index contributed by atoms with van der Waals surface area (Å²) < 4.78 is 17.6. The molecule has 6 nitrogen and oxygen atoms in total. The summed E-state index contributed by atoms with van der Waals surface area (Å²) >= 11 is 3.46. The van der Waals surface area contributed by atoms with Crippen LogP contribution in [0.2, 0.25) is 0 Å². The van der Waals surface area contributed by atoms with Gasteiger partial charge in [0.25, 0.3) is 0 Å². The number of oxime groups is 1. The fraction of sp³-hybridized carbons (Fsp3) is 0.556. The van der Waals surface area contributed by atoms with E-state index in [0.717, 1.165) is 22.9 Å². The zero-order valence-corrected chi connectivity index (χ0v) is 16.4.